The van der Waals surface area contributed by atoms with E-state index in [1.54, 1.807) is 25.1 Å². The lowest BCUT2D eigenvalue weighted by Gasteiger charge is -2.08. The second-order valence-corrected chi connectivity index (χ2v) is 6.24. The van der Waals surface area contributed by atoms with E-state index < -0.39 is 11.8 Å². The van der Waals surface area contributed by atoms with E-state index in [9.17, 15) is 9.59 Å². The van der Waals surface area contributed by atoms with Crippen molar-refractivity contribution in [1.29, 1.82) is 0 Å². The number of hydrazone groups is 1. The number of anilines is 1. The summed E-state index contributed by atoms with van der Waals surface area (Å²) < 4.78 is 5.57. The summed E-state index contributed by atoms with van der Waals surface area (Å²) in [5.41, 5.74) is 4.13. The largest absolute Gasteiger partial charge is 0.494 e. The average Bonchev–Trinajstić information content (AvgIpc) is 2.66. The Kier molecular flexibility index (Phi) is 7.82. The molecule has 0 aliphatic rings. The summed E-state index contributed by atoms with van der Waals surface area (Å²) >= 11 is 5.99. The Bertz CT molecular complexity index is 820. The predicted octanol–water partition coefficient (Wildman–Crippen LogP) is 3.92. The van der Waals surface area contributed by atoms with Crippen LogP contribution in [0.25, 0.3) is 0 Å². The van der Waals surface area contributed by atoms with Crippen LogP contribution in [0, 0.1) is 6.92 Å². The first-order chi connectivity index (χ1) is 13.0. The highest BCUT2D eigenvalue weighted by molar-refractivity contribution is 6.40. The fourth-order valence-electron chi connectivity index (χ4n) is 2.12. The van der Waals surface area contributed by atoms with Crippen LogP contribution in [-0.4, -0.2) is 24.6 Å². The van der Waals surface area contributed by atoms with Crippen molar-refractivity contribution in [2.24, 2.45) is 5.10 Å². The zero-order chi connectivity index (χ0) is 19.6. The summed E-state index contributed by atoms with van der Waals surface area (Å²) in [5.74, 6) is -0.914. The maximum absolute atomic E-state index is 11.9. The Morgan fingerprint density at radius 1 is 1.15 bits per heavy atom. The first-order valence-corrected chi connectivity index (χ1v) is 9.01. The third-order valence-electron chi connectivity index (χ3n) is 3.75. The lowest BCUT2D eigenvalue weighted by atomic mass is 10.2. The van der Waals surface area contributed by atoms with Crippen LogP contribution in [-0.2, 0) is 9.59 Å². The minimum Gasteiger partial charge on any atom is -0.494 e. The normalized spacial score (nSPS) is 10.6. The number of nitrogens with one attached hydrogen (secondary N) is 2. The first-order valence-electron chi connectivity index (χ1n) is 8.63. The number of hydrogen-bond donors (Lipinski definition) is 2. The molecule has 0 bridgehead atoms. The number of benzene rings is 2. The molecule has 2 rings (SSSR count). The van der Waals surface area contributed by atoms with Gasteiger partial charge in [-0.25, -0.2) is 5.43 Å². The second-order valence-electron chi connectivity index (χ2n) is 5.84. The van der Waals surface area contributed by atoms with Gasteiger partial charge >= 0.3 is 11.8 Å². The fraction of sp³-hybridized carbons (Fsp3) is 0.250. The van der Waals surface area contributed by atoms with Gasteiger partial charge in [0, 0.05) is 10.7 Å². The Morgan fingerprint density at radius 2 is 1.89 bits per heavy atom. The molecule has 2 aromatic rings. The summed E-state index contributed by atoms with van der Waals surface area (Å²) in [5, 5.41) is 6.81. The van der Waals surface area contributed by atoms with Gasteiger partial charge in [0.1, 0.15) is 5.75 Å². The van der Waals surface area contributed by atoms with Gasteiger partial charge in [-0.15, -0.1) is 0 Å². The van der Waals surface area contributed by atoms with Gasteiger partial charge in [-0.1, -0.05) is 31.0 Å². The van der Waals surface area contributed by atoms with Gasteiger partial charge in [-0.3, -0.25) is 9.59 Å². The van der Waals surface area contributed by atoms with Gasteiger partial charge in [0.2, 0.25) is 0 Å². The number of nitrogens with zero attached hydrogens (tertiary/aromatic N) is 1. The molecule has 0 spiro atoms. The summed E-state index contributed by atoms with van der Waals surface area (Å²) in [6.07, 6.45) is 3.53. The molecule has 0 fully saturated rings. The number of carbonyl (C=O) groups excluding carboxylic acids is 2. The summed E-state index contributed by atoms with van der Waals surface area (Å²) in [4.78, 5) is 23.8. The van der Waals surface area contributed by atoms with Crippen LogP contribution in [0.1, 0.15) is 30.9 Å². The minimum atomic E-state index is -0.870. The van der Waals surface area contributed by atoms with E-state index in [4.69, 9.17) is 16.3 Å². The highest BCUT2D eigenvalue weighted by atomic mass is 35.5. The van der Waals surface area contributed by atoms with Crippen molar-refractivity contribution in [3.63, 3.8) is 0 Å². The first kappa shape index (κ1) is 20.5. The molecule has 6 nitrogen and oxygen atoms in total. The monoisotopic (exact) mass is 387 g/mol. The SMILES string of the molecule is CCCCOc1ccc(/C=N\NC(=O)C(=O)Nc2cccc(Cl)c2C)cc1. The molecule has 0 saturated heterocycles. The second kappa shape index (κ2) is 10.3. The van der Waals surface area contributed by atoms with Crippen molar-refractivity contribution in [3.05, 3.63) is 58.6 Å². The van der Waals surface area contributed by atoms with Crippen LogP contribution < -0.4 is 15.5 Å². The summed E-state index contributed by atoms with van der Waals surface area (Å²) in [6, 6.07) is 12.3. The van der Waals surface area contributed by atoms with Gasteiger partial charge in [0.25, 0.3) is 0 Å². The van der Waals surface area contributed by atoms with Crippen molar-refractivity contribution >= 4 is 35.3 Å². The number of unbranched alkanes of at least 4 members (excludes halogenated alkanes) is 1. The molecule has 7 heteroatoms. The summed E-state index contributed by atoms with van der Waals surface area (Å²) in [6.45, 7) is 4.54. The van der Waals surface area contributed by atoms with Crippen molar-refractivity contribution in [1.82, 2.24) is 5.43 Å². The molecule has 0 unspecified atom stereocenters. The van der Waals surface area contributed by atoms with Crippen molar-refractivity contribution in [2.45, 2.75) is 26.7 Å². The maximum Gasteiger partial charge on any atom is 0.329 e. The van der Waals surface area contributed by atoms with E-state index in [-0.39, 0.29) is 0 Å². The number of ether oxygens (including phenoxy) is 1. The van der Waals surface area contributed by atoms with E-state index in [0.29, 0.717) is 22.9 Å². The number of rotatable bonds is 7. The van der Waals surface area contributed by atoms with Gasteiger partial charge in [-0.2, -0.15) is 5.10 Å². The number of halogens is 1. The maximum atomic E-state index is 11.9. The van der Waals surface area contributed by atoms with Crippen molar-refractivity contribution in [2.75, 3.05) is 11.9 Å². The molecule has 0 aliphatic heterocycles. The summed E-state index contributed by atoms with van der Waals surface area (Å²) in [7, 11) is 0. The number of hydrogen-bond acceptors (Lipinski definition) is 4. The zero-order valence-electron chi connectivity index (χ0n) is 15.3. The number of carbonyl (C=O) groups is 2. The standard InChI is InChI=1S/C20H22ClN3O3/c1-3-4-12-27-16-10-8-15(9-11-16)13-22-24-20(26)19(25)23-18-7-5-6-17(21)14(18)2/h5-11,13H,3-4,12H2,1-2H3,(H,23,25)(H,24,26)/b22-13-. The molecule has 2 aromatic carbocycles. The van der Waals surface area contributed by atoms with Gasteiger partial charge in [0.15, 0.2) is 0 Å². The van der Waals surface area contributed by atoms with Crippen molar-refractivity contribution < 1.29 is 14.3 Å². The molecule has 0 heterocycles. The molecule has 0 aliphatic carbocycles. The highest BCUT2D eigenvalue weighted by Crippen LogP contribution is 2.22. The molecule has 27 heavy (non-hydrogen) atoms. The van der Waals surface area contributed by atoms with Crippen LogP contribution in [0.4, 0.5) is 5.69 Å². The van der Waals surface area contributed by atoms with E-state index >= 15 is 0 Å². The Labute approximate surface area is 163 Å². The highest BCUT2D eigenvalue weighted by Gasteiger charge is 2.14. The van der Waals surface area contributed by atoms with E-state index in [1.807, 2.05) is 24.3 Å². The average molecular weight is 388 g/mol. The van der Waals surface area contributed by atoms with E-state index in [1.165, 1.54) is 6.21 Å². The van der Waals surface area contributed by atoms with Gasteiger partial charge < -0.3 is 10.1 Å². The van der Waals surface area contributed by atoms with Crippen LogP contribution in [0.2, 0.25) is 5.02 Å². The third kappa shape index (κ3) is 6.42. The topological polar surface area (TPSA) is 79.8 Å². The molecule has 0 radical (unpaired) electrons. The third-order valence-corrected chi connectivity index (χ3v) is 4.16. The minimum absolute atomic E-state index is 0.477. The predicted molar refractivity (Wildman–Crippen MR) is 107 cm³/mol. The van der Waals surface area contributed by atoms with Crippen LogP contribution in [0.15, 0.2) is 47.6 Å². The van der Waals surface area contributed by atoms with Crippen LogP contribution in [0.5, 0.6) is 5.75 Å². The van der Waals surface area contributed by atoms with Gasteiger partial charge in [0.05, 0.1) is 12.8 Å². The quantitative estimate of drug-likeness (QED) is 0.327. The molecule has 142 valence electrons. The van der Waals surface area contributed by atoms with Gasteiger partial charge in [-0.05, 0) is 60.9 Å². The molecule has 2 amide bonds. The molecule has 0 aromatic heterocycles. The molecule has 0 atom stereocenters. The Morgan fingerprint density at radius 3 is 2.59 bits per heavy atom. The zero-order valence-corrected chi connectivity index (χ0v) is 16.0. The molecule has 0 saturated carbocycles. The lowest BCUT2D eigenvalue weighted by Crippen LogP contribution is -2.32. The van der Waals surface area contributed by atoms with Crippen LogP contribution in [0.3, 0.4) is 0 Å². The molecular weight excluding hydrogens is 366 g/mol. The number of amides is 2. The van der Waals surface area contributed by atoms with E-state index in [2.05, 4.69) is 22.8 Å². The Balaban J connectivity index is 1.85. The molecular formula is C20H22ClN3O3. The molecule has 2 N–H and O–H groups in total. The lowest BCUT2D eigenvalue weighted by molar-refractivity contribution is -0.136. The van der Waals surface area contributed by atoms with Crippen LogP contribution >= 0.6 is 11.6 Å². The smallest absolute Gasteiger partial charge is 0.329 e. The van der Waals surface area contributed by atoms with Crippen molar-refractivity contribution in [3.8, 4) is 5.75 Å². The fourth-order valence-corrected chi connectivity index (χ4v) is 2.30. The van der Waals surface area contributed by atoms with E-state index in [0.717, 1.165) is 24.2 Å². The Hall–Kier alpha value is -2.86.